The molecule has 1 aromatic rings. The molecule has 1 aliphatic rings. The van der Waals surface area contributed by atoms with E-state index in [4.69, 9.17) is 0 Å². The van der Waals surface area contributed by atoms with Gasteiger partial charge in [0.1, 0.15) is 0 Å². The maximum absolute atomic E-state index is 12.1. The first-order valence-electron chi connectivity index (χ1n) is 6.63. The number of hydrogen-bond acceptors (Lipinski definition) is 3. The quantitative estimate of drug-likeness (QED) is 0.924. The maximum Gasteiger partial charge on any atom is 0.222 e. The van der Waals surface area contributed by atoms with Crippen LogP contribution in [-0.2, 0) is 11.2 Å². The van der Waals surface area contributed by atoms with Gasteiger partial charge in [0.05, 0.1) is 0 Å². The van der Waals surface area contributed by atoms with E-state index in [1.165, 1.54) is 12.0 Å². The average molecular weight is 320 g/mol. The largest absolute Gasteiger partial charge is 0.341 e. The topological polar surface area (TPSA) is 45.2 Å². The number of hydrogen-bond donors (Lipinski definition) is 1. The first-order valence-corrected chi connectivity index (χ1v) is 6.63. The average Bonchev–Trinajstić information content (AvgIpc) is 2.46. The number of nitrogens with one attached hydrogen (secondary N) is 1. The Kier molecular flexibility index (Phi) is 9.55. The van der Waals surface area contributed by atoms with Gasteiger partial charge in [-0.1, -0.05) is 0 Å². The summed E-state index contributed by atoms with van der Waals surface area (Å²) < 4.78 is 0. The van der Waals surface area contributed by atoms with Crippen LogP contribution in [0.1, 0.15) is 24.8 Å². The van der Waals surface area contributed by atoms with Crippen molar-refractivity contribution in [3.8, 4) is 0 Å². The van der Waals surface area contributed by atoms with Crippen LogP contribution in [0.5, 0.6) is 0 Å². The molecule has 6 heteroatoms. The molecule has 1 unspecified atom stereocenters. The molecule has 1 N–H and O–H groups in total. The van der Waals surface area contributed by atoms with E-state index >= 15 is 0 Å². The summed E-state index contributed by atoms with van der Waals surface area (Å²) in [5.41, 5.74) is 1.18. The van der Waals surface area contributed by atoms with E-state index in [0.717, 1.165) is 25.9 Å². The van der Waals surface area contributed by atoms with E-state index in [9.17, 15) is 4.79 Å². The van der Waals surface area contributed by atoms with Gasteiger partial charge >= 0.3 is 0 Å². The molecule has 0 spiro atoms. The summed E-state index contributed by atoms with van der Waals surface area (Å²) >= 11 is 0. The SMILES string of the molecule is CNC1CCCN(C(=O)CCc2ccncc2)C1.Cl.Cl. The highest BCUT2D eigenvalue weighted by Crippen LogP contribution is 2.12. The highest BCUT2D eigenvalue weighted by Gasteiger charge is 2.21. The smallest absolute Gasteiger partial charge is 0.222 e. The van der Waals surface area contributed by atoms with E-state index in [1.54, 1.807) is 12.4 Å². The van der Waals surface area contributed by atoms with Gasteiger partial charge in [-0.05, 0) is 44.0 Å². The molecule has 20 heavy (non-hydrogen) atoms. The molecule has 2 rings (SSSR count). The Hall–Kier alpha value is -0.840. The summed E-state index contributed by atoms with van der Waals surface area (Å²) in [6, 6.07) is 4.41. The van der Waals surface area contributed by atoms with E-state index < -0.39 is 0 Å². The molecule has 1 saturated heterocycles. The number of carbonyl (C=O) groups excluding carboxylic acids is 1. The van der Waals surface area contributed by atoms with Gasteiger partial charge in [0.25, 0.3) is 0 Å². The lowest BCUT2D eigenvalue weighted by Gasteiger charge is -2.32. The van der Waals surface area contributed by atoms with Gasteiger partial charge in [-0.2, -0.15) is 0 Å². The molecule has 1 aliphatic heterocycles. The highest BCUT2D eigenvalue weighted by atomic mass is 35.5. The molecule has 4 nitrogen and oxygen atoms in total. The number of rotatable bonds is 4. The number of amides is 1. The number of aromatic nitrogens is 1. The van der Waals surface area contributed by atoms with Crippen LogP contribution in [0.3, 0.4) is 0 Å². The Bertz CT molecular complexity index is 389. The highest BCUT2D eigenvalue weighted by molar-refractivity contribution is 5.85. The lowest BCUT2D eigenvalue weighted by atomic mass is 10.0. The molecule has 0 aromatic carbocycles. The van der Waals surface area contributed by atoms with Gasteiger partial charge in [0.2, 0.25) is 5.91 Å². The summed E-state index contributed by atoms with van der Waals surface area (Å²) in [5, 5.41) is 3.26. The molecule has 1 fully saturated rings. The molecule has 1 aromatic heterocycles. The van der Waals surface area contributed by atoms with Crippen molar-refractivity contribution in [1.82, 2.24) is 15.2 Å². The van der Waals surface area contributed by atoms with E-state index in [2.05, 4.69) is 10.3 Å². The number of halogens is 2. The standard InChI is InChI=1S/C14H21N3O.2ClH/c1-15-13-3-2-10-17(11-13)14(18)5-4-12-6-8-16-9-7-12;;/h6-9,13,15H,2-5,10-11H2,1H3;2*1H. The molecule has 114 valence electrons. The van der Waals surface area contributed by atoms with Crippen LogP contribution in [0.15, 0.2) is 24.5 Å². The third kappa shape index (κ3) is 5.65. The van der Waals surface area contributed by atoms with E-state index in [0.29, 0.717) is 12.5 Å². The molecule has 0 radical (unpaired) electrons. The predicted molar refractivity (Wildman–Crippen MR) is 85.7 cm³/mol. The molecule has 0 bridgehead atoms. The minimum absolute atomic E-state index is 0. The van der Waals surface area contributed by atoms with Crippen molar-refractivity contribution in [1.29, 1.82) is 0 Å². The summed E-state index contributed by atoms with van der Waals surface area (Å²) in [6.07, 6.45) is 7.23. The summed E-state index contributed by atoms with van der Waals surface area (Å²) in [6.45, 7) is 1.76. The number of piperidine rings is 1. The van der Waals surface area contributed by atoms with Crippen LogP contribution < -0.4 is 5.32 Å². The Balaban J connectivity index is 0.00000180. The Morgan fingerprint density at radius 2 is 2.10 bits per heavy atom. The third-order valence-corrected chi connectivity index (χ3v) is 3.56. The van der Waals surface area contributed by atoms with Crippen molar-refractivity contribution >= 4 is 30.7 Å². The maximum atomic E-state index is 12.1. The van der Waals surface area contributed by atoms with Gasteiger partial charge in [0.15, 0.2) is 0 Å². The van der Waals surface area contributed by atoms with Crippen molar-refractivity contribution in [3.63, 3.8) is 0 Å². The van der Waals surface area contributed by atoms with Crippen molar-refractivity contribution in [2.45, 2.75) is 31.7 Å². The van der Waals surface area contributed by atoms with Crippen molar-refractivity contribution in [3.05, 3.63) is 30.1 Å². The zero-order chi connectivity index (χ0) is 12.8. The zero-order valence-corrected chi connectivity index (χ0v) is 13.4. The molecule has 0 saturated carbocycles. The number of aryl methyl sites for hydroxylation is 1. The normalized spacial score (nSPS) is 17.9. The van der Waals surface area contributed by atoms with Crippen molar-refractivity contribution in [2.24, 2.45) is 0 Å². The van der Waals surface area contributed by atoms with Gasteiger partial charge < -0.3 is 10.2 Å². The zero-order valence-electron chi connectivity index (χ0n) is 11.7. The Morgan fingerprint density at radius 3 is 2.75 bits per heavy atom. The fourth-order valence-electron chi connectivity index (χ4n) is 2.40. The number of carbonyl (C=O) groups is 1. The number of nitrogens with zero attached hydrogens (tertiary/aromatic N) is 2. The first-order chi connectivity index (χ1) is 8.79. The van der Waals surface area contributed by atoms with Gasteiger partial charge in [-0.15, -0.1) is 24.8 Å². The van der Waals surface area contributed by atoms with Crippen LogP contribution >= 0.6 is 24.8 Å². The minimum Gasteiger partial charge on any atom is -0.341 e. The summed E-state index contributed by atoms with van der Waals surface area (Å²) in [7, 11) is 1.97. The molecule has 2 heterocycles. The first kappa shape index (κ1) is 19.2. The Morgan fingerprint density at radius 1 is 1.40 bits per heavy atom. The monoisotopic (exact) mass is 319 g/mol. The van der Waals surface area contributed by atoms with Crippen LogP contribution in [0.25, 0.3) is 0 Å². The van der Waals surface area contributed by atoms with Crippen LogP contribution in [-0.4, -0.2) is 42.0 Å². The molecule has 0 aliphatic carbocycles. The van der Waals surface area contributed by atoms with Crippen molar-refractivity contribution in [2.75, 3.05) is 20.1 Å². The molecule has 1 amide bonds. The van der Waals surface area contributed by atoms with Gasteiger partial charge in [-0.3, -0.25) is 9.78 Å². The lowest BCUT2D eigenvalue weighted by Crippen LogP contribution is -2.47. The molecular weight excluding hydrogens is 297 g/mol. The van der Waals surface area contributed by atoms with Crippen LogP contribution in [0, 0.1) is 0 Å². The fourth-order valence-corrected chi connectivity index (χ4v) is 2.40. The lowest BCUT2D eigenvalue weighted by molar-refractivity contribution is -0.132. The Labute approximate surface area is 133 Å². The van der Waals surface area contributed by atoms with Gasteiger partial charge in [0, 0.05) is 37.9 Å². The molecular formula is C14H23Cl2N3O. The third-order valence-electron chi connectivity index (χ3n) is 3.56. The second-order valence-electron chi connectivity index (χ2n) is 4.82. The number of pyridine rings is 1. The second kappa shape index (κ2) is 9.97. The molecule has 1 atom stereocenters. The fraction of sp³-hybridized carbons (Fsp3) is 0.571. The van der Waals surface area contributed by atoms with Crippen molar-refractivity contribution < 1.29 is 4.79 Å². The van der Waals surface area contributed by atoms with Crippen LogP contribution in [0.4, 0.5) is 0 Å². The van der Waals surface area contributed by atoms with Crippen LogP contribution in [0.2, 0.25) is 0 Å². The minimum atomic E-state index is 0. The number of likely N-dealkylation sites (N-methyl/N-ethyl adjacent to an activating group) is 1. The van der Waals surface area contributed by atoms with E-state index in [1.807, 2.05) is 24.1 Å². The predicted octanol–water partition coefficient (Wildman–Crippen LogP) is 2.07. The second-order valence-corrected chi connectivity index (χ2v) is 4.82. The van der Waals surface area contributed by atoms with E-state index in [-0.39, 0.29) is 30.7 Å². The van der Waals surface area contributed by atoms with Gasteiger partial charge in [-0.25, -0.2) is 0 Å². The summed E-state index contributed by atoms with van der Waals surface area (Å²) in [4.78, 5) is 18.1. The number of likely N-dealkylation sites (tertiary alicyclic amines) is 1. The summed E-state index contributed by atoms with van der Waals surface area (Å²) in [5.74, 6) is 0.270.